The maximum Gasteiger partial charge on any atom is 0.234 e. The number of benzene rings is 2. The lowest BCUT2D eigenvalue weighted by atomic mass is 10.1. The molecule has 1 amide bonds. The molecule has 0 aliphatic rings. The number of hydrogen-bond acceptors (Lipinski definition) is 5. The molecule has 0 radical (unpaired) electrons. The standard InChI is InChI=1S/C25H25N5OS/c1-18-8-6-12-22(19(18)2)27-23(31)17-32-25-29-28-24(21-11-7-14-26-16-21)30(25)15-13-20-9-4-3-5-10-20/h3-12,14,16H,13,15,17H2,1-2H3,(H,27,31). The zero-order valence-electron chi connectivity index (χ0n) is 18.2. The Bertz CT molecular complexity index is 1190. The minimum Gasteiger partial charge on any atom is -0.325 e. The van der Waals surface area contributed by atoms with Crippen molar-refractivity contribution in [2.24, 2.45) is 0 Å². The largest absolute Gasteiger partial charge is 0.325 e. The fourth-order valence-electron chi connectivity index (χ4n) is 3.39. The molecule has 0 fully saturated rings. The Morgan fingerprint density at radius 2 is 1.84 bits per heavy atom. The molecule has 0 bridgehead atoms. The SMILES string of the molecule is Cc1cccc(NC(=O)CSc2nnc(-c3cccnc3)n2CCc2ccccc2)c1C. The highest BCUT2D eigenvalue weighted by Crippen LogP contribution is 2.25. The van der Waals surface area contributed by atoms with Crippen LogP contribution < -0.4 is 5.32 Å². The summed E-state index contributed by atoms with van der Waals surface area (Å²) in [6, 6.07) is 20.1. The zero-order chi connectivity index (χ0) is 22.3. The number of amides is 1. The summed E-state index contributed by atoms with van der Waals surface area (Å²) in [6.07, 6.45) is 4.36. The third-order valence-corrected chi connectivity index (χ3v) is 6.28. The van der Waals surface area contributed by atoms with Crippen molar-refractivity contribution in [3.05, 3.63) is 89.7 Å². The smallest absolute Gasteiger partial charge is 0.234 e. The molecule has 2 aromatic carbocycles. The van der Waals surface area contributed by atoms with E-state index in [1.807, 2.05) is 62.4 Å². The second-order valence-electron chi connectivity index (χ2n) is 7.52. The van der Waals surface area contributed by atoms with Crippen molar-refractivity contribution >= 4 is 23.4 Å². The number of thioether (sulfide) groups is 1. The maximum atomic E-state index is 12.6. The van der Waals surface area contributed by atoms with E-state index in [4.69, 9.17) is 0 Å². The van der Waals surface area contributed by atoms with Crippen LogP contribution in [0.3, 0.4) is 0 Å². The summed E-state index contributed by atoms with van der Waals surface area (Å²) in [5.41, 5.74) is 5.21. The second kappa shape index (κ2) is 10.2. The van der Waals surface area contributed by atoms with Gasteiger partial charge in [-0.1, -0.05) is 54.2 Å². The van der Waals surface area contributed by atoms with Gasteiger partial charge in [0.15, 0.2) is 11.0 Å². The third kappa shape index (κ3) is 5.23. The summed E-state index contributed by atoms with van der Waals surface area (Å²) in [4.78, 5) is 16.8. The Hall–Kier alpha value is -3.45. The average molecular weight is 444 g/mol. The summed E-state index contributed by atoms with van der Waals surface area (Å²) >= 11 is 1.39. The fourth-order valence-corrected chi connectivity index (χ4v) is 4.16. The van der Waals surface area contributed by atoms with Crippen LogP contribution in [0.25, 0.3) is 11.4 Å². The summed E-state index contributed by atoms with van der Waals surface area (Å²) in [5.74, 6) is 0.944. The van der Waals surface area contributed by atoms with Crippen molar-refractivity contribution in [2.75, 3.05) is 11.1 Å². The molecule has 1 N–H and O–H groups in total. The molecule has 0 spiro atoms. The van der Waals surface area contributed by atoms with E-state index in [1.165, 1.54) is 17.3 Å². The second-order valence-corrected chi connectivity index (χ2v) is 8.46. The van der Waals surface area contributed by atoms with Crippen LogP contribution in [0.15, 0.2) is 78.2 Å². The van der Waals surface area contributed by atoms with E-state index >= 15 is 0 Å². The molecule has 4 rings (SSSR count). The minimum atomic E-state index is -0.0655. The van der Waals surface area contributed by atoms with Gasteiger partial charge in [0.2, 0.25) is 5.91 Å². The van der Waals surface area contributed by atoms with Crippen LogP contribution in [0.4, 0.5) is 5.69 Å². The van der Waals surface area contributed by atoms with E-state index in [1.54, 1.807) is 12.4 Å². The molecule has 7 heteroatoms. The first-order valence-corrected chi connectivity index (χ1v) is 11.5. The van der Waals surface area contributed by atoms with Gasteiger partial charge in [0.25, 0.3) is 0 Å². The first-order chi connectivity index (χ1) is 15.6. The van der Waals surface area contributed by atoms with Gasteiger partial charge in [-0.2, -0.15) is 0 Å². The number of carbonyl (C=O) groups excluding carboxylic acids is 1. The molecule has 32 heavy (non-hydrogen) atoms. The number of nitrogens with one attached hydrogen (secondary N) is 1. The zero-order valence-corrected chi connectivity index (χ0v) is 19.0. The molecular formula is C25H25N5OS. The van der Waals surface area contributed by atoms with Gasteiger partial charge in [-0.25, -0.2) is 0 Å². The van der Waals surface area contributed by atoms with Crippen LogP contribution in [0.5, 0.6) is 0 Å². The molecule has 2 heterocycles. The van der Waals surface area contributed by atoms with Crippen LogP contribution >= 0.6 is 11.8 Å². The Morgan fingerprint density at radius 1 is 1.00 bits per heavy atom. The maximum absolute atomic E-state index is 12.6. The summed E-state index contributed by atoms with van der Waals surface area (Å²) < 4.78 is 2.07. The number of anilines is 1. The normalized spacial score (nSPS) is 10.8. The minimum absolute atomic E-state index is 0.0655. The molecule has 6 nitrogen and oxygen atoms in total. The highest BCUT2D eigenvalue weighted by molar-refractivity contribution is 7.99. The van der Waals surface area contributed by atoms with E-state index in [2.05, 4.69) is 37.2 Å². The molecule has 2 aromatic heterocycles. The van der Waals surface area contributed by atoms with Crippen molar-refractivity contribution in [3.8, 4) is 11.4 Å². The van der Waals surface area contributed by atoms with Gasteiger partial charge in [-0.3, -0.25) is 9.78 Å². The van der Waals surface area contributed by atoms with Crippen molar-refractivity contribution in [3.63, 3.8) is 0 Å². The molecule has 0 saturated heterocycles. The van der Waals surface area contributed by atoms with Crippen molar-refractivity contribution in [1.82, 2.24) is 19.7 Å². The summed E-state index contributed by atoms with van der Waals surface area (Å²) in [6.45, 7) is 4.76. The predicted molar refractivity (Wildman–Crippen MR) is 129 cm³/mol. The van der Waals surface area contributed by atoms with E-state index in [-0.39, 0.29) is 11.7 Å². The Kier molecular flexibility index (Phi) is 6.97. The lowest BCUT2D eigenvalue weighted by Gasteiger charge is -2.12. The van der Waals surface area contributed by atoms with E-state index in [0.717, 1.165) is 39.8 Å². The first kappa shape index (κ1) is 21.8. The number of rotatable bonds is 8. The molecular weight excluding hydrogens is 418 g/mol. The highest BCUT2D eigenvalue weighted by atomic mass is 32.2. The van der Waals surface area contributed by atoms with Crippen LogP contribution in [0.1, 0.15) is 16.7 Å². The molecule has 4 aromatic rings. The van der Waals surface area contributed by atoms with Gasteiger partial charge in [-0.05, 0) is 55.2 Å². The van der Waals surface area contributed by atoms with Gasteiger partial charge in [-0.15, -0.1) is 10.2 Å². The van der Waals surface area contributed by atoms with Gasteiger partial charge in [0, 0.05) is 30.2 Å². The lowest BCUT2D eigenvalue weighted by molar-refractivity contribution is -0.113. The molecule has 0 aliphatic carbocycles. The van der Waals surface area contributed by atoms with Crippen molar-refractivity contribution < 1.29 is 4.79 Å². The van der Waals surface area contributed by atoms with E-state index in [0.29, 0.717) is 6.54 Å². The van der Waals surface area contributed by atoms with Crippen LogP contribution in [0.2, 0.25) is 0 Å². The quantitative estimate of drug-likeness (QED) is 0.391. The third-order valence-electron chi connectivity index (χ3n) is 5.31. The summed E-state index contributed by atoms with van der Waals surface area (Å²) in [7, 11) is 0. The number of aryl methyl sites for hydroxylation is 2. The van der Waals surface area contributed by atoms with Gasteiger partial charge in [0.1, 0.15) is 0 Å². The lowest BCUT2D eigenvalue weighted by Crippen LogP contribution is -2.16. The van der Waals surface area contributed by atoms with Crippen LogP contribution in [-0.4, -0.2) is 31.4 Å². The Morgan fingerprint density at radius 3 is 2.62 bits per heavy atom. The fraction of sp³-hybridized carbons (Fsp3) is 0.200. The number of hydrogen-bond donors (Lipinski definition) is 1. The molecule has 0 unspecified atom stereocenters. The number of nitrogens with zero attached hydrogens (tertiary/aromatic N) is 4. The van der Waals surface area contributed by atoms with Gasteiger partial charge < -0.3 is 9.88 Å². The molecule has 0 saturated carbocycles. The van der Waals surface area contributed by atoms with Crippen molar-refractivity contribution in [1.29, 1.82) is 0 Å². The number of carbonyl (C=O) groups is 1. The number of aromatic nitrogens is 4. The van der Waals surface area contributed by atoms with E-state index < -0.39 is 0 Å². The van der Waals surface area contributed by atoms with Gasteiger partial charge >= 0.3 is 0 Å². The predicted octanol–water partition coefficient (Wildman–Crippen LogP) is 4.93. The average Bonchev–Trinajstić information content (AvgIpc) is 3.23. The van der Waals surface area contributed by atoms with Gasteiger partial charge in [0.05, 0.1) is 5.75 Å². The summed E-state index contributed by atoms with van der Waals surface area (Å²) in [5, 5.41) is 12.5. The van der Waals surface area contributed by atoms with Crippen molar-refractivity contribution in [2.45, 2.75) is 32.0 Å². The Labute approximate surface area is 192 Å². The van der Waals surface area contributed by atoms with E-state index in [9.17, 15) is 4.79 Å². The van der Waals surface area contributed by atoms with Crippen LogP contribution in [0, 0.1) is 13.8 Å². The highest BCUT2D eigenvalue weighted by Gasteiger charge is 2.16. The molecule has 0 aliphatic heterocycles. The monoisotopic (exact) mass is 443 g/mol. The van der Waals surface area contributed by atoms with Crippen LogP contribution in [-0.2, 0) is 17.8 Å². The molecule has 162 valence electrons. The first-order valence-electron chi connectivity index (χ1n) is 10.5. The topological polar surface area (TPSA) is 72.7 Å². The Balaban J connectivity index is 1.50. The number of pyridine rings is 1. The molecule has 0 atom stereocenters.